The van der Waals surface area contributed by atoms with Crippen LogP contribution in [0.1, 0.15) is 22.6 Å². The number of nitrogens with zero attached hydrogens (tertiary/aromatic N) is 1. The van der Waals surface area contributed by atoms with Crippen molar-refractivity contribution >= 4 is 15.9 Å². The Labute approximate surface area is 120 Å². The number of aromatic nitrogens is 1. The predicted octanol–water partition coefficient (Wildman–Crippen LogP) is 3.78. The summed E-state index contributed by atoms with van der Waals surface area (Å²) in [6, 6.07) is 5.82. The van der Waals surface area contributed by atoms with E-state index in [1.165, 1.54) is 0 Å². The van der Waals surface area contributed by atoms with E-state index in [9.17, 15) is 0 Å². The Morgan fingerprint density at radius 1 is 1.16 bits per heavy atom. The summed E-state index contributed by atoms with van der Waals surface area (Å²) in [5, 5.41) is 3.92. The lowest BCUT2D eigenvalue weighted by molar-refractivity contribution is 0.155. The molecule has 0 aliphatic heterocycles. The van der Waals surface area contributed by atoms with E-state index in [-0.39, 0.29) is 0 Å². The highest BCUT2D eigenvalue weighted by atomic mass is 79.9. The van der Waals surface area contributed by atoms with Gasteiger partial charge in [0.15, 0.2) is 5.76 Å². The SMILES string of the molecule is COCc1cc(COc2cc(C)c(Br)c(C)c2)no1. The van der Waals surface area contributed by atoms with E-state index in [1.807, 2.05) is 32.0 Å². The number of hydrogen-bond acceptors (Lipinski definition) is 4. The minimum absolute atomic E-state index is 0.383. The van der Waals surface area contributed by atoms with Crippen molar-refractivity contribution in [2.75, 3.05) is 7.11 Å². The Balaban J connectivity index is 2.01. The zero-order chi connectivity index (χ0) is 13.8. The first-order chi connectivity index (χ1) is 9.10. The number of hydrogen-bond donors (Lipinski definition) is 0. The summed E-state index contributed by atoms with van der Waals surface area (Å²) in [5.74, 6) is 1.53. The maximum absolute atomic E-state index is 5.72. The minimum Gasteiger partial charge on any atom is -0.487 e. The van der Waals surface area contributed by atoms with Crippen molar-refractivity contribution in [2.45, 2.75) is 27.1 Å². The molecule has 102 valence electrons. The highest BCUT2D eigenvalue weighted by molar-refractivity contribution is 9.10. The largest absolute Gasteiger partial charge is 0.487 e. The third-order valence-corrected chi connectivity index (χ3v) is 3.94. The summed E-state index contributed by atoms with van der Waals surface area (Å²) in [5.41, 5.74) is 3.05. The normalized spacial score (nSPS) is 10.7. The fraction of sp³-hybridized carbons (Fsp3) is 0.357. The Hall–Kier alpha value is -1.33. The number of benzene rings is 1. The van der Waals surface area contributed by atoms with Gasteiger partial charge in [-0.15, -0.1) is 0 Å². The lowest BCUT2D eigenvalue weighted by Crippen LogP contribution is -1.96. The molecule has 0 N–H and O–H groups in total. The topological polar surface area (TPSA) is 44.5 Å². The molecule has 0 bridgehead atoms. The zero-order valence-corrected chi connectivity index (χ0v) is 12.8. The van der Waals surface area contributed by atoms with E-state index in [0.717, 1.165) is 27.0 Å². The first kappa shape index (κ1) is 14.1. The molecule has 4 nitrogen and oxygen atoms in total. The van der Waals surface area contributed by atoms with Crippen LogP contribution in [-0.2, 0) is 18.0 Å². The highest BCUT2D eigenvalue weighted by Gasteiger charge is 2.07. The van der Waals surface area contributed by atoms with Gasteiger partial charge in [0.2, 0.25) is 0 Å². The van der Waals surface area contributed by atoms with E-state index < -0.39 is 0 Å². The number of ether oxygens (including phenoxy) is 2. The van der Waals surface area contributed by atoms with Gasteiger partial charge in [-0.1, -0.05) is 21.1 Å². The average Bonchev–Trinajstić information content (AvgIpc) is 2.81. The summed E-state index contributed by atoms with van der Waals surface area (Å²) in [6.45, 7) is 4.88. The molecular weight excluding hydrogens is 310 g/mol. The Morgan fingerprint density at radius 3 is 2.47 bits per heavy atom. The first-order valence-electron chi connectivity index (χ1n) is 5.93. The van der Waals surface area contributed by atoms with Crippen LogP contribution in [-0.4, -0.2) is 12.3 Å². The van der Waals surface area contributed by atoms with Crippen molar-refractivity contribution in [1.29, 1.82) is 0 Å². The van der Waals surface area contributed by atoms with Crippen molar-refractivity contribution in [1.82, 2.24) is 5.16 Å². The van der Waals surface area contributed by atoms with Gasteiger partial charge in [-0.25, -0.2) is 0 Å². The van der Waals surface area contributed by atoms with Crippen LogP contribution >= 0.6 is 15.9 Å². The van der Waals surface area contributed by atoms with E-state index in [0.29, 0.717) is 19.0 Å². The van der Waals surface area contributed by atoms with Crippen molar-refractivity contribution < 1.29 is 14.0 Å². The van der Waals surface area contributed by atoms with E-state index in [1.54, 1.807) is 7.11 Å². The molecule has 0 amide bonds. The fourth-order valence-electron chi connectivity index (χ4n) is 1.78. The van der Waals surface area contributed by atoms with Crippen molar-refractivity contribution in [3.05, 3.63) is 45.3 Å². The summed E-state index contributed by atoms with van der Waals surface area (Å²) in [6.07, 6.45) is 0. The zero-order valence-electron chi connectivity index (χ0n) is 11.2. The summed E-state index contributed by atoms with van der Waals surface area (Å²) in [7, 11) is 1.62. The molecule has 0 aliphatic rings. The van der Waals surface area contributed by atoms with Crippen LogP contribution in [0.2, 0.25) is 0 Å². The molecule has 0 aliphatic carbocycles. The third-order valence-electron chi connectivity index (χ3n) is 2.69. The second-order valence-corrected chi connectivity index (χ2v) is 5.17. The lowest BCUT2D eigenvalue weighted by Gasteiger charge is -2.08. The molecule has 1 aromatic heterocycles. The van der Waals surface area contributed by atoms with Crippen LogP contribution in [0.4, 0.5) is 0 Å². The maximum Gasteiger partial charge on any atom is 0.162 e. The molecule has 5 heteroatoms. The Morgan fingerprint density at radius 2 is 1.84 bits per heavy atom. The van der Waals surface area contributed by atoms with Gasteiger partial charge in [0, 0.05) is 17.6 Å². The van der Waals surface area contributed by atoms with Gasteiger partial charge in [-0.05, 0) is 37.1 Å². The van der Waals surface area contributed by atoms with E-state index in [2.05, 4.69) is 21.1 Å². The Bertz CT molecular complexity index is 543. The third kappa shape index (κ3) is 3.58. The summed E-state index contributed by atoms with van der Waals surface area (Å²) in [4.78, 5) is 0. The monoisotopic (exact) mass is 325 g/mol. The van der Waals surface area contributed by atoms with Crippen LogP contribution in [0.5, 0.6) is 5.75 Å². The van der Waals surface area contributed by atoms with Gasteiger partial charge >= 0.3 is 0 Å². The van der Waals surface area contributed by atoms with Crippen LogP contribution in [0.25, 0.3) is 0 Å². The predicted molar refractivity (Wildman–Crippen MR) is 75.2 cm³/mol. The lowest BCUT2D eigenvalue weighted by atomic mass is 10.1. The highest BCUT2D eigenvalue weighted by Crippen LogP contribution is 2.26. The molecular formula is C14H16BrNO3. The molecule has 19 heavy (non-hydrogen) atoms. The molecule has 2 rings (SSSR count). The van der Waals surface area contributed by atoms with Crippen molar-refractivity contribution in [2.24, 2.45) is 0 Å². The van der Waals surface area contributed by atoms with Crippen LogP contribution in [0.15, 0.2) is 27.2 Å². The number of halogens is 1. The van der Waals surface area contributed by atoms with Gasteiger partial charge in [-0.3, -0.25) is 0 Å². The maximum atomic E-state index is 5.72. The molecule has 0 unspecified atom stereocenters. The van der Waals surface area contributed by atoms with Gasteiger partial charge in [-0.2, -0.15) is 0 Å². The van der Waals surface area contributed by atoms with Crippen molar-refractivity contribution in [3.8, 4) is 5.75 Å². The fourth-order valence-corrected chi connectivity index (χ4v) is 2.01. The number of aryl methyl sites for hydroxylation is 2. The number of rotatable bonds is 5. The molecule has 0 atom stereocenters. The first-order valence-corrected chi connectivity index (χ1v) is 6.72. The molecule has 0 spiro atoms. The van der Waals surface area contributed by atoms with Crippen LogP contribution in [0.3, 0.4) is 0 Å². The molecule has 0 fully saturated rings. The average molecular weight is 326 g/mol. The van der Waals surface area contributed by atoms with Crippen molar-refractivity contribution in [3.63, 3.8) is 0 Å². The summed E-state index contributed by atoms with van der Waals surface area (Å²) < 4.78 is 16.9. The van der Waals surface area contributed by atoms with Gasteiger partial charge in [0.1, 0.15) is 24.7 Å². The smallest absolute Gasteiger partial charge is 0.162 e. The van der Waals surface area contributed by atoms with E-state index in [4.69, 9.17) is 14.0 Å². The molecule has 0 saturated carbocycles. The van der Waals surface area contributed by atoms with E-state index >= 15 is 0 Å². The molecule has 0 saturated heterocycles. The quantitative estimate of drug-likeness (QED) is 0.839. The second-order valence-electron chi connectivity index (χ2n) is 4.38. The standard InChI is InChI=1S/C14H16BrNO3/c1-9-4-12(5-10(2)14(9)15)18-7-11-6-13(8-17-3)19-16-11/h4-6H,7-8H2,1-3H3. The molecule has 2 aromatic rings. The molecule has 0 radical (unpaired) electrons. The molecule has 1 aromatic carbocycles. The number of methoxy groups -OCH3 is 1. The van der Waals surface area contributed by atoms with Gasteiger partial charge in [0.05, 0.1) is 0 Å². The van der Waals surface area contributed by atoms with Gasteiger partial charge < -0.3 is 14.0 Å². The minimum atomic E-state index is 0.383. The van der Waals surface area contributed by atoms with Crippen LogP contribution < -0.4 is 4.74 Å². The van der Waals surface area contributed by atoms with Gasteiger partial charge in [0.25, 0.3) is 0 Å². The Kier molecular flexibility index (Phi) is 4.61. The molecule has 1 heterocycles. The second kappa shape index (κ2) is 6.21. The van der Waals surface area contributed by atoms with Crippen LogP contribution in [0, 0.1) is 13.8 Å². The summed E-state index contributed by atoms with van der Waals surface area (Å²) >= 11 is 3.53.